The molecule has 2 fully saturated rings. The van der Waals surface area contributed by atoms with Crippen molar-refractivity contribution in [3.05, 3.63) is 0 Å². The maximum Gasteiger partial charge on any atom is 0.219 e. The second kappa shape index (κ2) is 6.50. The summed E-state index contributed by atoms with van der Waals surface area (Å²) < 4.78 is 5.82. The first-order valence-corrected chi connectivity index (χ1v) is 7.00. The molecule has 2 aliphatic rings. The smallest absolute Gasteiger partial charge is 0.219 e. The van der Waals surface area contributed by atoms with E-state index in [4.69, 9.17) is 4.74 Å². The van der Waals surface area contributed by atoms with Crippen molar-refractivity contribution < 1.29 is 9.53 Å². The molecule has 2 heterocycles. The first kappa shape index (κ1) is 13.8. The molecule has 0 aromatic heterocycles. The fourth-order valence-corrected chi connectivity index (χ4v) is 2.79. The molecule has 1 amide bonds. The van der Waals surface area contributed by atoms with Gasteiger partial charge in [-0.25, -0.2) is 0 Å². The maximum atomic E-state index is 11.4. The normalized spacial score (nSPS) is 28.8. The Balaban J connectivity index is 1.86. The van der Waals surface area contributed by atoms with Gasteiger partial charge in [0, 0.05) is 52.2 Å². The average molecular weight is 255 g/mol. The molecule has 0 aliphatic carbocycles. The highest BCUT2D eigenvalue weighted by atomic mass is 16.5. The van der Waals surface area contributed by atoms with Crippen LogP contribution in [0.3, 0.4) is 0 Å². The summed E-state index contributed by atoms with van der Waals surface area (Å²) in [6.45, 7) is 10.4. The average Bonchev–Trinajstić information content (AvgIpc) is 2.64. The summed E-state index contributed by atoms with van der Waals surface area (Å²) in [5, 5.41) is 3.38. The Morgan fingerprint density at radius 2 is 2.17 bits per heavy atom. The van der Waals surface area contributed by atoms with Gasteiger partial charge in [0.2, 0.25) is 5.91 Å². The number of ether oxygens (including phenoxy) is 1. The minimum absolute atomic E-state index is 0.195. The zero-order valence-electron chi connectivity index (χ0n) is 11.5. The van der Waals surface area contributed by atoms with E-state index < -0.39 is 0 Å². The summed E-state index contributed by atoms with van der Waals surface area (Å²) in [7, 11) is 0. The van der Waals surface area contributed by atoms with Crippen LogP contribution < -0.4 is 5.32 Å². The zero-order chi connectivity index (χ0) is 13.0. The Labute approximate surface area is 109 Å². The molecule has 2 unspecified atom stereocenters. The molecule has 2 saturated heterocycles. The Kier molecular flexibility index (Phi) is 4.97. The van der Waals surface area contributed by atoms with Gasteiger partial charge in [0.15, 0.2) is 0 Å². The molecule has 1 N–H and O–H groups in total. The van der Waals surface area contributed by atoms with E-state index in [0.29, 0.717) is 6.04 Å². The summed E-state index contributed by atoms with van der Waals surface area (Å²) in [6.07, 6.45) is 1.34. The fourth-order valence-electron chi connectivity index (χ4n) is 2.79. The Bertz CT molecular complexity index is 279. The minimum atomic E-state index is 0.195. The summed E-state index contributed by atoms with van der Waals surface area (Å²) in [5.41, 5.74) is 0. The highest BCUT2D eigenvalue weighted by Crippen LogP contribution is 2.13. The zero-order valence-corrected chi connectivity index (χ0v) is 11.5. The molecule has 0 spiro atoms. The number of nitrogens with zero attached hydrogens (tertiary/aromatic N) is 2. The van der Waals surface area contributed by atoms with Crippen LogP contribution in [0.5, 0.6) is 0 Å². The predicted octanol–water partition coefficient (Wildman–Crippen LogP) is -0.0825. The van der Waals surface area contributed by atoms with Gasteiger partial charge in [-0.2, -0.15) is 0 Å². The van der Waals surface area contributed by atoms with Crippen molar-refractivity contribution in [3.63, 3.8) is 0 Å². The van der Waals surface area contributed by atoms with Crippen LogP contribution in [0, 0.1) is 0 Å². The monoisotopic (exact) mass is 255 g/mol. The highest BCUT2D eigenvalue weighted by molar-refractivity contribution is 5.73. The van der Waals surface area contributed by atoms with Crippen molar-refractivity contribution in [1.82, 2.24) is 15.1 Å². The van der Waals surface area contributed by atoms with Crippen LogP contribution >= 0.6 is 0 Å². The van der Waals surface area contributed by atoms with Crippen LogP contribution in [-0.2, 0) is 9.53 Å². The van der Waals surface area contributed by atoms with E-state index >= 15 is 0 Å². The third-order valence-electron chi connectivity index (χ3n) is 4.05. The SMILES string of the molecule is CC(=O)N1CCCN(C(C)C2CNCCO2)CC1. The van der Waals surface area contributed by atoms with E-state index in [1.54, 1.807) is 6.92 Å². The van der Waals surface area contributed by atoms with Crippen LogP contribution in [0.25, 0.3) is 0 Å². The Morgan fingerprint density at radius 1 is 1.33 bits per heavy atom. The standard InChI is InChI=1S/C13H25N3O2/c1-11(13-10-14-4-9-18-13)15-5-3-6-16(8-7-15)12(2)17/h11,13-14H,3-10H2,1-2H3. The van der Waals surface area contributed by atoms with E-state index in [1.807, 2.05) is 4.90 Å². The molecule has 2 aliphatic heterocycles. The van der Waals surface area contributed by atoms with Crippen LogP contribution in [0.2, 0.25) is 0 Å². The van der Waals surface area contributed by atoms with Crippen LogP contribution in [0.15, 0.2) is 0 Å². The first-order chi connectivity index (χ1) is 8.68. The van der Waals surface area contributed by atoms with Gasteiger partial charge in [-0.05, 0) is 13.3 Å². The molecule has 5 heteroatoms. The number of carbonyl (C=O) groups is 1. The molecule has 0 aromatic rings. The van der Waals surface area contributed by atoms with E-state index in [9.17, 15) is 4.79 Å². The lowest BCUT2D eigenvalue weighted by Crippen LogP contribution is -2.51. The summed E-state index contributed by atoms with van der Waals surface area (Å²) in [6, 6.07) is 0.421. The predicted molar refractivity (Wildman–Crippen MR) is 70.5 cm³/mol. The molecule has 5 nitrogen and oxygen atoms in total. The second-order valence-electron chi connectivity index (χ2n) is 5.25. The largest absolute Gasteiger partial charge is 0.374 e. The molecule has 0 aromatic carbocycles. The second-order valence-corrected chi connectivity index (χ2v) is 5.25. The van der Waals surface area contributed by atoms with Crippen LogP contribution in [0.4, 0.5) is 0 Å². The summed E-state index contributed by atoms with van der Waals surface area (Å²) in [5.74, 6) is 0.195. The van der Waals surface area contributed by atoms with Gasteiger partial charge >= 0.3 is 0 Å². The number of amides is 1. The topological polar surface area (TPSA) is 44.8 Å². The maximum absolute atomic E-state index is 11.4. The van der Waals surface area contributed by atoms with E-state index in [2.05, 4.69) is 17.1 Å². The molecular weight excluding hydrogens is 230 g/mol. The summed E-state index contributed by atoms with van der Waals surface area (Å²) in [4.78, 5) is 15.8. The highest BCUT2D eigenvalue weighted by Gasteiger charge is 2.27. The summed E-state index contributed by atoms with van der Waals surface area (Å²) >= 11 is 0. The van der Waals surface area contributed by atoms with Crippen molar-refractivity contribution in [3.8, 4) is 0 Å². The third kappa shape index (κ3) is 3.43. The van der Waals surface area contributed by atoms with Gasteiger partial charge in [-0.1, -0.05) is 0 Å². The third-order valence-corrected chi connectivity index (χ3v) is 4.05. The van der Waals surface area contributed by atoms with Crippen molar-refractivity contribution in [2.45, 2.75) is 32.4 Å². The van der Waals surface area contributed by atoms with Gasteiger partial charge in [0.05, 0.1) is 12.7 Å². The van der Waals surface area contributed by atoms with E-state index in [-0.39, 0.29) is 12.0 Å². The molecule has 0 saturated carbocycles. The Hall–Kier alpha value is -0.650. The molecule has 2 rings (SSSR count). The lowest BCUT2D eigenvalue weighted by molar-refractivity contribution is -0.128. The number of rotatable bonds is 2. The van der Waals surface area contributed by atoms with E-state index in [1.165, 1.54) is 0 Å². The van der Waals surface area contributed by atoms with Crippen LogP contribution in [-0.4, -0.2) is 73.7 Å². The molecular formula is C13H25N3O2. The van der Waals surface area contributed by atoms with Crippen molar-refractivity contribution >= 4 is 5.91 Å². The van der Waals surface area contributed by atoms with Gasteiger partial charge < -0.3 is 15.0 Å². The fraction of sp³-hybridized carbons (Fsp3) is 0.923. The Morgan fingerprint density at radius 3 is 2.83 bits per heavy atom. The molecule has 18 heavy (non-hydrogen) atoms. The van der Waals surface area contributed by atoms with Crippen molar-refractivity contribution in [2.75, 3.05) is 45.9 Å². The molecule has 0 bridgehead atoms. The first-order valence-electron chi connectivity index (χ1n) is 7.00. The number of morpholine rings is 1. The van der Waals surface area contributed by atoms with E-state index in [0.717, 1.165) is 52.3 Å². The number of hydrogen-bond acceptors (Lipinski definition) is 4. The van der Waals surface area contributed by atoms with Gasteiger partial charge in [0.25, 0.3) is 0 Å². The number of nitrogens with one attached hydrogen (secondary N) is 1. The van der Waals surface area contributed by atoms with Gasteiger partial charge in [-0.3, -0.25) is 9.69 Å². The number of hydrogen-bond donors (Lipinski definition) is 1. The molecule has 2 atom stereocenters. The van der Waals surface area contributed by atoms with Gasteiger partial charge in [-0.15, -0.1) is 0 Å². The van der Waals surface area contributed by atoms with Crippen molar-refractivity contribution in [2.24, 2.45) is 0 Å². The quantitative estimate of drug-likeness (QED) is 0.749. The van der Waals surface area contributed by atoms with Crippen molar-refractivity contribution in [1.29, 1.82) is 0 Å². The van der Waals surface area contributed by atoms with Crippen LogP contribution in [0.1, 0.15) is 20.3 Å². The van der Waals surface area contributed by atoms with Gasteiger partial charge in [0.1, 0.15) is 0 Å². The minimum Gasteiger partial charge on any atom is -0.374 e. The molecule has 104 valence electrons. The molecule has 0 radical (unpaired) electrons. The lowest BCUT2D eigenvalue weighted by atomic mass is 10.1. The lowest BCUT2D eigenvalue weighted by Gasteiger charge is -2.36. The number of carbonyl (C=O) groups excluding carboxylic acids is 1.